The molecular formula is C12H14N2O6S. The third-order valence-electron chi connectivity index (χ3n) is 2.56. The second-order valence-corrected chi connectivity index (χ2v) is 6.09. The average Bonchev–Trinajstić information content (AvgIpc) is 2.37. The Balaban J connectivity index is 3.11. The molecule has 0 atom stereocenters. The lowest BCUT2D eigenvalue weighted by Crippen LogP contribution is -2.36. The van der Waals surface area contributed by atoms with E-state index in [4.69, 9.17) is 5.11 Å². The number of benzene rings is 1. The van der Waals surface area contributed by atoms with E-state index in [0.717, 1.165) is 0 Å². The van der Waals surface area contributed by atoms with Crippen molar-refractivity contribution >= 4 is 21.7 Å². The monoisotopic (exact) mass is 314 g/mol. The predicted octanol–water partition coefficient (Wildman–Crippen LogP) is 0.997. The maximum atomic E-state index is 12.2. The van der Waals surface area contributed by atoms with E-state index < -0.39 is 33.2 Å². The third-order valence-corrected chi connectivity index (χ3v) is 4.30. The molecule has 0 radical (unpaired) electrons. The molecule has 114 valence electrons. The fourth-order valence-corrected chi connectivity index (χ4v) is 3.13. The summed E-state index contributed by atoms with van der Waals surface area (Å²) in [4.78, 5) is 20.9. The smallest absolute Gasteiger partial charge is 0.318 e. The van der Waals surface area contributed by atoms with Crippen molar-refractivity contribution in [3.8, 4) is 0 Å². The van der Waals surface area contributed by atoms with Gasteiger partial charge in [-0.3, -0.25) is 14.9 Å². The first-order valence-electron chi connectivity index (χ1n) is 5.80. The molecule has 0 aliphatic rings. The van der Waals surface area contributed by atoms with E-state index in [1.807, 2.05) is 0 Å². The number of nitro benzene ring substituents is 1. The van der Waals surface area contributed by atoms with E-state index in [-0.39, 0.29) is 17.8 Å². The number of aliphatic carboxylic acids is 1. The summed E-state index contributed by atoms with van der Waals surface area (Å²) >= 11 is 0. The molecule has 1 rings (SSSR count). The normalized spacial score (nSPS) is 11.3. The van der Waals surface area contributed by atoms with Crippen molar-refractivity contribution in [3.05, 3.63) is 52.6 Å². The van der Waals surface area contributed by atoms with Crippen molar-refractivity contribution in [2.45, 2.75) is 5.75 Å². The molecule has 0 heterocycles. The summed E-state index contributed by atoms with van der Waals surface area (Å²) < 4.78 is 25.1. The summed E-state index contributed by atoms with van der Waals surface area (Å²) in [5.74, 6) is -1.96. The Kier molecular flexibility index (Phi) is 5.56. The number of para-hydroxylation sites is 1. The zero-order chi connectivity index (χ0) is 16.0. The number of nitrogens with zero attached hydrogens (tertiary/aromatic N) is 2. The van der Waals surface area contributed by atoms with Crippen LogP contribution in [0.4, 0.5) is 5.69 Å². The summed E-state index contributed by atoms with van der Waals surface area (Å²) in [6, 6.07) is 5.42. The van der Waals surface area contributed by atoms with Crippen LogP contribution in [0.1, 0.15) is 5.56 Å². The molecule has 8 nitrogen and oxygen atoms in total. The van der Waals surface area contributed by atoms with Crippen LogP contribution >= 0.6 is 0 Å². The molecular weight excluding hydrogens is 300 g/mol. The van der Waals surface area contributed by atoms with Gasteiger partial charge >= 0.3 is 5.97 Å². The highest BCUT2D eigenvalue weighted by atomic mass is 32.2. The Hall–Kier alpha value is -2.26. The van der Waals surface area contributed by atoms with Crippen LogP contribution in [0.25, 0.3) is 0 Å². The minimum atomic E-state index is -4.01. The van der Waals surface area contributed by atoms with E-state index in [9.17, 15) is 23.3 Å². The number of nitro groups is 1. The van der Waals surface area contributed by atoms with Crippen molar-refractivity contribution in [2.24, 2.45) is 0 Å². The fourth-order valence-electron chi connectivity index (χ4n) is 1.67. The molecule has 0 fully saturated rings. The maximum absolute atomic E-state index is 12.2. The van der Waals surface area contributed by atoms with Crippen LogP contribution < -0.4 is 0 Å². The molecule has 0 saturated heterocycles. The highest BCUT2D eigenvalue weighted by Gasteiger charge is 2.26. The largest absolute Gasteiger partial charge is 0.480 e. The minimum Gasteiger partial charge on any atom is -0.480 e. The molecule has 0 bridgehead atoms. The van der Waals surface area contributed by atoms with E-state index in [0.29, 0.717) is 4.31 Å². The first-order chi connectivity index (χ1) is 9.77. The Morgan fingerprint density at radius 2 is 2.05 bits per heavy atom. The van der Waals surface area contributed by atoms with Crippen LogP contribution in [0.2, 0.25) is 0 Å². The summed E-state index contributed by atoms with van der Waals surface area (Å²) in [5.41, 5.74) is -0.322. The van der Waals surface area contributed by atoms with Crippen molar-refractivity contribution in [2.75, 3.05) is 13.1 Å². The zero-order valence-corrected chi connectivity index (χ0v) is 11.8. The van der Waals surface area contributed by atoms with Gasteiger partial charge in [0.15, 0.2) is 0 Å². The Morgan fingerprint density at radius 3 is 2.57 bits per heavy atom. The van der Waals surface area contributed by atoms with Gasteiger partial charge in [0.1, 0.15) is 6.54 Å². The van der Waals surface area contributed by atoms with Gasteiger partial charge in [-0.1, -0.05) is 24.3 Å². The number of hydrogen-bond donors (Lipinski definition) is 1. The SMILES string of the molecule is C=CCN(CC(=O)O)S(=O)(=O)Cc1ccccc1[N+](=O)[O-]. The van der Waals surface area contributed by atoms with Gasteiger partial charge in [-0.15, -0.1) is 6.58 Å². The van der Waals surface area contributed by atoms with Gasteiger partial charge in [-0.05, 0) is 0 Å². The van der Waals surface area contributed by atoms with Crippen molar-refractivity contribution in [3.63, 3.8) is 0 Å². The van der Waals surface area contributed by atoms with Crippen molar-refractivity contribution in [1.29, 1.82) is 0 Å². The van der Waals surface area contributed by atoms with Gasteiger partial charge in [-0.25, -0.2) is 8.42 Å². The van der Waals surface area contributed by atoms with Gasteiger partial charge in [0, 0.05) is 18.2 Å². The number of carboxylic acids is 1. The van der Waals surface area contributed by atoms with Gasteiger partial charge in [0.2, 0.25) is 10.0 Å². The summed E-state index contributed by atoms with van der Waals surface area (Å²) in [5, 5.41) is 19.6. The molecule has 1 aromatic rings. The number of carboxylic acid groups (broad SMARTS) is 1. The first-order valence-corrected chi connectivity index (χ1v) is 7.41. The van der Waals surface area contributed by atoms with E-state index in [1.165, 1.54) is 30.3 Å². The number of carbonyl (C=O) groups is 1. The maximum Gasteiger partial charge on any atom is 0.318 e. The molecule has 0 amide bonds. The molecule has 0 aromatic heterocycles. The Bertz CT molecular complexity index is 655. The number of rotatable bonds is 8. The lowest BCUT2D eigenvalue weighted by Gasteiger charge is -2.18. The van der Waals surface area contributed by atoms with Crippen molar-refractivity contribution in [1.82, 2.24) is 4.31 Å². The molecule has 0 aliphatic heterocycles. The van der Waals surface area contributed by atoms with Crippen molar-refractivity contribution < 1.29 is 23.2 Å². The highest BCUT2D eigenvalue weighted by molar-refractivity contribution is 7.88. The topological polar surface area (TPSA) is 118 Å². The summed E-state index contributed by atoms with van der Waals surface area (Å²) in [7, 11) is -4.01. The molecule has 21 heavy (non-hydrogen) atoms. The average molecular weight is 314 g/mol. The molecule has 0 aliphatic carbocycles. The fraction of sp³-hybridized carbons (Fsp3) is 0.250. The molecule has 0 saturated carbocycles. The lowest BCUT2D eigenvalue weighted by molar-refractivity contribution is -0.385. The van der Waals surface area contributed by atoms with Gasteiger partial charge in [0.25, 0.3) is 5.69 Å². The number of hydrogen-bond acceptors (Lipinski definition) is 5. The van der Waals surface area contributed by atoms with Crippen LogP contribution in [-0.4, -0.2) is 41.8 Å². The lowest BCUT2D eigenvalue weighted by atomic mass is 10.2. The predicted molar refractivity (Wildman–Crippen MR) is 75.1 cm³/mol. The quantitative estimate of drug-likeness (QED) is 0.434. The van der Waals surface area contributed by atoms with Crippen LogP contribution in [0.3, 0.4) is 0 Å². The third kappa shape index (κ3) is 4.65. The van der Waals surface area contributed by atoms with Crippen LogP contribution in [-0.2, 0) is 20.6 Å². The molecule has 0 spiro atoms. The van der Waals surface area contributed by atoms with E-state index >= 15 is 0 Å². The molecule has 1 aromatic carbocycles. The van der Waals surface area contributed by atoms with Gasteiger partial charge in [-0.2, -0.15) is 4.31 Å². The Morgan fingerprint density at radius 1 is 1.43 bits per heavy atom. The molecule has 0 unspecified atom stereocenters. The zero-order valence-electron chi connectivity index (χ0n) is 11.0. The first kappa shape index (κ1) is 16.8. The van der Waals surface area contributed by atoms with Gasteiger partial charge < -0.3 is 5.11 Å². The van der Waals surface area contributed by atoms with Gasteiger partial charge in [0.05, 0.1) is 10.7 Å². The van der Waals surface area contributed by atoms with Crippen LogP contribution in [0.5, 0.6) is 0 Å². The van der Waals surface area contributed by atoms with Crippen LogP contribution in [0, 0.1) is 10.1 Å². The summed E-state index contributed by atoms with van der Waals surface area (Å²) in [6.07, 6.45) is 1.25. The minimum absolute atomic E-state index is 0.00181. The molecule has 1 N–H and O–H groups in total. The Labute approximate surface area is 121 Å². The van der Waals surface area contributed by atoms with Crippen LogP contribution in [0.15, 0.2) is 36.9 Å². The second kappa shape index (κ2) is 6.95. The molecule has 9 heteroatoms. The standard InChI is InChI=1S/C12H14N2O6S/c1-2-7-13(8-12(15)16)21(19,20)9-10-5-3-4-6-11(10)14(17)18/h2-6H,1,7-9H2,(H,15,16). The second-order valence-electron chi connectivity index (χ2n) is 4.12. The highest BCUT2D eigenvalue weighted by Crippen LogP contribution is 2.21. The number of sulfonamides is 1. The van der Waals surface area contributed by atoms with E-state index in [1.54, 1.807) is 0 Å². The van der Waals surface area contributed by atoms with E-state index in [2.05, 4.69) is 6.58 Å². The summed E-state index contributed by atoms with van der Waals surface area (Å²) in [6.45, 7) is 2.45.